The molecule has 140 valence electrons. The van der Waals surface area contributed by atoms with E-state index >= 15 is 0 Å². The fourth-order valence-electron chi connectivity index (χ4n) is 2.73. The van der Waals surface area contributed by atoms with Gasteiger partial charge in [0.05, 0.1) is 10.1 Å². The summed E-state index contributed by atoms with van der Waals surface area (Å²) < 4.78 is 26.7. The van der Waals surface area contributed by atoms with Crippen LogP contribution in [0.4, 0.5) is 0 Å². The Labute approximate surface area is 157 Å². The van der Waals surface area contributed by atoms with Crippen LogP contribution >= 0.6 is 11.8 Å². The van der Waals surface area contributed by atoms with E-state index in [0.29, 0.717) is 37.2 Å². The van der Waals surface area contributed by atoms with Crippen molar-refractivity contribution in [3.8, 4) is 0 Å². The molecule has 0 unspecified atom stereocenters. The first-order valence-electron chi connectivity index (χ1n) is 8.27. The molecule has 1 fully saturated rings. The number of hydrogen-bond acceptors (Lipinski definition) is 6. The van der Waals surface area contributed by atoms with E-state index in [-0.39, 0.29) is 16.1 Å². The second kappa shape index (κ2) is 7.77. The zero-order chi connectivity index (χ0) is 18.7. The van der Waals surface area contributed by atoms with Crippen molar-refractivity contribution in [3.63, 3.8) is 0 Å². The molecule has 2 heterocycles. The summed E-state index contributed by atoms with van der Waals surface area (Å²) in [5.41, 5.74) is 0. The van der Waals surface area contributed by atoms with Crippen LogP contribution in [0, 0.1) is 6.92 Å². The quantitative estimate of drug-likeness (QED) is 0.762. The van der Waals surface area contributed by atoms with Gasteiger partial charge in [-0.2, -0.15) is 4.31 Å². The van der Waals surface area contributed by atoms with E-state index in [0.717, 1.165) is 0 Å². The minimum Gasteiger partial charge on any atom is -0.339 e. The van der Waals surface area contributed by atoms with Crippen molar-refractivity contribution in [2.75, 3.05) is 26.2 Å². The number of sulfonamides is 1. The topological polar surface area (TPSA) is 99.3 Å². The SMILES string of the molecule is Cc1nc(S[C@@H](C)C(=O)N2CCN(S(=O)(=O)c3ccccc3)CC2)n[nH]1. The van der Waals surface area contributed by atoms with Crippen molar-refractivity contribution >= 4 is 27.7 Å². The van der Waals surface area contributed by atoms with Crippen molar-refractivity contribution in [1.82, 2.24) is 24.4 Å². The lowest BCUT2D eigenvalue weighted by Gasteiger charge is -2.35. The first-order valence-corrected chi connectivity index (χ1v) is 10.6. The summed E-state index contributed by atoms with van der Waals surface area (Å²) in [4.78, 5) is 18.8. The highest BCUT2D eigenvalue weighted by Crippen LogP contribution is 2.22. The van der Waals surface area contributed by atoms with Crippen LogP contribution in [0.5, 0.6) is 0 Å². The van der Waals surface area contributed by atoms with E-state index in [1.165, 1.54) is 16.1 Å². The Morgan fingerprint density at radius 3 is 2.42 bits per heavy atom. The van der Waals surface area contributed by atoms with Crippen molar-refractivity contribution in [1.29, 1.82) is 0 Å². The molecule has 0 aliphatic carbocycles. The second-order valence-corrected chi connectivity index (χ2v) is 9.25. The summed E-state index contributed by atoms with van der Waals surface area (Å²) in [6.45, 7) is 4.95. The minimum atomic E-state index is -3.51. The molecule has 26 heavy (non-hydrogen) atoms. The van der Waals surface area contributed by atoms with Crippen LogP contribution < -0.4 is 0 Å². The molecule has 0 saturated carbocycles. The van der Waals surface area contributed by atoms with Crippen LogP contribution in [0.3, 0.4) is 0 Å². The lowest BCUT2D eigenvalue weighted by molar-refractivity contribution is -0.131. The van der Waals surface area contributed by atoms with E-state index in [9.17, 15) is 13.2 Å². The number of aryl methyl sites for hydroxylation is 1. The molecule has 1 atom stereocenters. The normalized spacial score (nSPS) is 17.2. The van der Waals surface area contributed by atoms with Gasteiger partial charge in [0.15, 0.2) is 0 Å². The van der Waals surface area contributed by atoms with Crippen LogP contribution in [0.25, 0.3) is 0 Å². The summed E-state index contributed by atoms with van der Waals surface area (Å²) >= 11 is 1.29. The van der Waals surface area contributed by atoms with Gasteiger partial charge in [0.2, 0.25) is 21.1 Å². The van der Waals surface area contributed by atoms with Crippen molar-refractivity contribution in [2.45, 2.75) is 29.1 Å². The summed E-state index contributed by atoms with van der Waals surface area (Å²) in [5.74, 6) is 0.668. The van der Waals surface area contributed by atoms with Gasteiger partial charge in [-0.15, -0.1) is 5.10 Å². The lowest BCUT2D eigenvalue weighted by atomic mass is 10.3. The number of hydrogen-bond donors (Lipinski definition) is 1. The van der Waals surface area contributed by atoms with Gasteiger partial charge >= 0.3 is 0 Å². The Bertz CT molecular complexity index is 861. The number of carbonyl (C=O) groups excluding carboxylic acids is 1. The molecule has 3 rings (SSSR count). The van der Waals surface area contributed by atoms with Gasteiger partial charge in [-0.3, -0.25) is 9.89 Å². The number of rotatable bonds is 5. The first kappa shape index (κ1) is 18.9. The number of H-pyrrole nitrogens is 1. The maximum Gasteiger partial charge on any atom is 0.243 e. The molecule has 1 amide bonds. The van der Waals surface area contributed by atoms with Crippen LogP contribution in [0.1, 0.15) is 12.7 Å². The van der Waals surface area contributed by atoms with Gasteiger partial charge in [-0.05, 0) is 26.0 Å². The Morgan fingerprint density at radius 2 is 1.85 bits per heavy atom. The third-order valence-corrected chi connectivity index (χ3v) is 7.00. The monoisotopic (exact) mass is 395 g/mol. The molecule has 8 nitrogen and oxygen atoms in total. The molecule has 1 aromatic heterocycles. The maximum absolute atomic E-state index is 12.6. The van der Waals surface area contributed by atoms with E-state index < -0.39 is 10.0 Å². The van der Waals surface area contributed by atoms with Gasteiger partial charge in [-0.25, -0.2) is 13.4 Å². The molecule has 1 N–H and O–H groups in total. The second-order valence-electron chi connectivity index (χ2n) is 6.01. The molecule has 0 bridgehead atoms. The molecule has 1 aromatic carbocycles. The average Bonchev–Trinajstić information content (AvgIpc) is 3.06. The molecule has 1 saturated heterocycles. The largest absolute Gasteiger partial charge is 0.339 e. The molecule has 2 aromatic rings. The number of amides is 1. The van der Waals surface area contributed by atoms with Crippen molar-refractivity contribution in [3.05, 3.63) is 36.2 Å². The smallest absolute Gasteiger partial charge is 0.243 e. The fraction of sp³-hybridized carbons (Fsp3) is 0.438. The Morgan fingerprint density at radius 1 is 1.19 bits per heavy atom. The zero-order valence-electron chi connectivity index (χ0n) is 14.6. The number of carbonyl (C=O) groups is 1. The third-order valence-electron chi connectivity index (χ3n) is 4.14. The predicted octanol–water partition coefficient (Wildman–Crippen LogP) is 1.13. The predicted molar refractivity (Wildman–Crippen MR) is 98.2 cm³/mol. The number of thioether (sulfide) groups is 1. The highest BCUT2D eigenvalue weighted by molar-refractivity contribution is 8.00. The van der Waals surface area contributed by atoms with Gasteiger partial charge < -0.3 is 4.90 Å². The van der Waals surface area contributed by atoms with Gasteiger partial charge in [-0.1, -0.05) is 30.0 Å². The van der Waals surface area contributed by atoms with Gasteiger partial charge in [0, 0.05) is 26.2 Å². The maximum atomic E-state index is 12.6. The molecule has 10 heteroatoms. The van der Waals surface area contributed by atoms with Crippen LogP contribution in [-0.2, 0) is 14.8 Å². The van der Waals surface area contributed by atoms with Crippen LogP contribution in [-0.4, -0.2) is 70.1 Å². The standard InChI is InChI=1S/C16H21N5O3S2/c1-12(25-16-17-13(2)18-19-16)15(22)20-8-10-21(11-9-20)26(23,24)14-6-4-3-5-7-14/h3-7,12H,8-11H2,1-2H3,(H,17,18,19)/t12-/m0/s1. The number of aromatic amines is 1. The minimum absolute atomic E-state index is 0.0331. The number of aromatic nitrogens is 3. The molecular formula is C16H21N5O3S2. The van der Waals surface area contributed by atoms with Crippen LogP contribution in [0.15, 0.2) is 40.4 Å². The van der Waals surface area contributed by atoms with E-state index in [1.54, 1.807) is 42.2 Å². The number of benzene rings is 1. The molecule has 1 aliphatic rings. The molecule has 0 radical (unpaired) electrons. The Balaban J connectivity index is 1.58. The zero-order valence-corrected chi connectivity index (χ0v) is 16.3. The first-order chi connectivity index (χ1) is 12.4. The number of piperazine rings is 1. The number of nitrogens with one attached hydrogen (secondary N) is 1. The molecule has 0 spiro atoms. The molecular weight excluding hydrogens is 374 g/mol. The Hall–Kier alpha value is -1.91. The highest BCUT2D eigenvalue weighted by atomic mass is 32.2. The van der Waals surface area contributed by atoms with E-state index in [2.05, 4.69) is 15.2 Å². The van der Waals surface area contributed by atoms with Gasteiger partial charge in [0.1, 0.15) is 5.82 Å². The van der Waals surface area contributed by atoms with Gasteiger partial charge in [0.25, 0.3) is 0 Å². The summed E-state index contributed by atoms with van der Waals surface area (Å²) in [6, 6.07) is 8.37. The van der Waals surface area contributed by atoms with Crippen molar-refractivity contribution in [2.24, 2.45) is 0 Å². The van der Waals surface area contributed by atoms with Crippen molar-refractivity contribution < 1.29 is 13.2 Å². The Kier molecular flexibility index (Phi) is 5.64. The summed E-state index contributed by atoms with van der Waals surface area (Å²) in [7, 11) is -3.51. The average molecular weight is 396 g/mol. The summed E-state index contributed by atoms with van der Waals surface area (Å²) in [6.07, 6.45) is 0. The summed E-state index contributed by atoms with van der Waals surface area (Å²) in [5, 5.41) is 6.98. The lowest BCUT2D eigenvalue weighted by Crippen LogP contribution is -2.52. The fourth-order valence-corrected chi connectivity index (χ4v) is 5.03. The third kappa shape index (κ3) is 4.08. The van der Waals surface area contributed by atoms with E-state index in [1.807, 2.05) is 6.92 Å². The van der Waals surface area contributed by atoms with E-state index in [4.69, 9.17) is 0 Å². The number of nitrogens with zero attached hydrogens (tertiary/aromatic N) is 4. The highest BCUT2D eigenvalue weighted by Gasteiger charge is 2.31. The van der Waals surface area contributed by atoms with Crippen LogP contribution in [0.2, 0.25) is 0 Å². The molecule has 1 aliphatic heterocycles.